The molecule has 170 valence electrons. The molecule has 0 saturated heterocycles. The molecule has 0 aromatic carbocycles. The van der Waals surface area contributed by atoms with E-state index in [0.29, 0.717) is 48.9 Å². The van der Waals surface area contributed by atoms with E-state index in [1.165, 1.54) is 32.8 Å². The summed E-state index contributed by atoms with van der Waals surface area (Å²) >= 11 is 0. The quantitative estimate of drug-likeness (QED) is 0.574. The van der Waals surface area contributed by atoms with Crippen LogP contribution in [0.5, 0.6) is 0 Å². The first-order chi connectivity index (χ1) is 15.5. The summed E-state index contributed by atoms with van der Waals surface area (Å²) in [6.45, 7) is 0. The van der Waals surface area contributed by atoms with Crippen molar-refractivity contribution in [2.75, 3.05) is 23.5 Å². The molecule has 2 aromatic rings. The topological polar surface area (TPSA) is 119 Å². The van der Waals surface area contributed by atoms with Crippen molar-refractivity contribution in [2.45, 2.75) is 57.3 Å². The van der Waals surface area contributed by atoms with Gasteiger partial charge in [-0.3, -0.25) is 9.59 Å². The standard InChI is InChI=1S/C24H31N5O3/c1-32-24(31)17-8-6-16(7-9-17)23(30)29-21-13-10-18(14-26-21)27-22-19(25)11-12-20(28-22)15-4-2-3-5-15/h10-17H,2-9,25H2,1H3,(H,27,28)(H,26,29,30). The number of hydrogen-bond acceptors (Lipinski definition) is 7. The van der Waals surface area contributed by atoms with Gasteiger partial charge in [-0.25, -0.2) is 9.97 Å². The van der Waals surface area contributed by atoms with Crippen molar-refractivity contribution in [3.05, 3.63) is 36.2 Å². The molecule has 0 bridgehead atoms. The van der Waals surface area contributed by atoms with E-state index in [-0.39, 0.29) is 23.7 Å². The van der Waals surface area contributed by atoms with Crippen molar-refractivity contribution in [1.29, 1.82) is 0 Å². The van der Waals surface area contributed by atoms with E-state index >= 15 is 0 Å². The van der Waals surface area contributed by atoms with Crippen molar-refractivity contribution in [1.82, 2.24) is 9.97 Å². The summed E-state index contributed by atoms with van der Waals surface area (Å²) in [7, 11) is 1.40. The summed E-state index contributed by atoms with van der Waals surface area (Å²) in [6.07, 6.45) is 9.22. The van der Waals surface area contributed by atoms with Crippen molar-refractivity contribution in [3.8, 4) is 0 Å². The Balaban J connectivity index is 1.33. The van der Waals surface area contributed by atoms with Crippen molar-refractivity contribution in [3.63, 3.8) is 0 Å². The highest BCUT2D eigenvalue weighted by atomic mass is 16.5. The number of carbonyl (C=O) groups is 2. The Bertz CT molecular complexity index is 949. The number of pyridine rings is 2. The van der Waals surface area contributed by atoms with Crippen LogP contribution >= 0.6 is 0 Å². The first-order valence-electron chi connectivity index (χ1n) is 11.4. The number of rotatable bonds is 6. The Morgan fingerprint density at radius 1 is 1.00 bits per heavy atom. The molecule has 1 amide bonds. The maximum Gasteiger partial charge on any atom is 0.308 e. The third-order valence-corrected chi connectivity index (χ3v) is 6.63. The molecule has 0 spiro atoms. The van der Waals surface area contributed by atoms with Crippen LogP contribution in [0.25, 0.3) is 0 Å². The number of hydrogen-bond donors (Lipinski definition) is 3. The molecule has 2 saturated carbocycles. The van der Waals surface area contributed by atoms with Gasteiger partial charge in [0.15, 0.2) is 5.82 Å². The molecule has 4 rings (SSSR count). The fraction of sp³-hybridized carbons (Fsp3) is 0.500. The van der Waals surface area contributed by atoms with Crippen LogP contribution in [0.15, 0.2) is 30.5 Å². The number of nitrogens with one attached hydrogen (secondary N) is 2. The van der Waals surface area contributed by atoms with Crippen LogP contribution in [0.4, 0.5) is 23.0 Å². The molecule has 0 aliphatic heterocycles. The fourth-order valence-electron chi connectivity index (χ4n) is 4.70. The zero-order valence-electron chi connectivity index (χ0n) is 18.5. The second kappa shape index (κ2) is 9.97. The van der Waals surface area contributed by atoms with Gasteiger partial charge in [0.2, 0.25) is 5.91 Å². The summed E-state index contributed by atoms with van der Waals surface area (Å²) in [6, 6.07) is 7.53. The summed E-state index contributed by atoms with van der Waals surface area (Å²) in [5.74, 6) is 1.19. The third kappa shape index (κ3) is 5.18. The zero-order valence-corrected chi connectivity index (χ0v) is 18.5. The van der Waals surface area contributed by atoms with E-state index in [2.05, 4.69) is 15.6 Å². The van der Waals surface area contributed by atoms with Gasteiger partial charge in [0, 0.05) is 17.5 Å². The summed E-state index contributed by atoms with van der Waals surface area (Å²) in [5.41, 5.74) is 8.55. The van der Waals surface area contributed by atoms with Crippen LogP contribution in [0.2, 0.25) is 0 Å². The highest BCUT2D eigenvalue weighted by Crippen LogP contribution is 2.35. The molecule has 2 fully saturated rings. The first-order valence-corrected chi connectivity index (χ1v) is 11.4. The minimum Gasteiger partial charge on any atom is -0.469 e. The van der Waals surface area contributed by atoms with Gasteiger partial charge in [0.25, 0.3) is 0 Å². The maximum atomic E-state index is 12.6. The van der Waals surface area contributed by atoms with E-state index in [1.54, 1.807) is 12.3 Å². The lowest BCUT2D eigenvalue weighted by atomic mass is 9.81. The monoisotopic (exact) mass is 437 g/mol. The van der Waals surface area contributed by atoms with Gasteiger partial charge < -0.3 is 21.1 Å². The van der Waals surface area contributed by atoms with Crippen LogP contribution in [0.3, 0.4) is 0 Å². The normalized spacial score (nSPS) is 21.2. The van der Waals surface area contributed by atoms with Crippen LogP contribution in [-0.2, 0) is 14.3 Å². The molecule has 0 radical (unpaired) electrons. The van der Waals surface area contributed by atoms with Crippen molar-refractivity contribution in [2.24, 2.45) is 11.8 Å². The van der Waals surface area contributed by atoms with Crippen LogP contribution in [0, 0.1) is 11.8 Å². The molecule has 0 unspecified atom stereocenters. The number of nitrogens with two attached hydrogens (primary N) is 1. The minimum absolute atomic E-state index is 0.0586. The predicted octanol–water partition coefficient (Wildman–Crippen LogP) is 4.38. The van der Waals surface area contributed by atoms with Gasteiger partial charge in [-0.15, -0.1) is 0 Å². The Kier molecular flexibility index (Phi) is 6.87. The molecular formula is C24H31N5O3. The number of ether oxygens (including phenoxy) is 1. The summed E-state index contributed by atoms with van der Waals surface area (Å²) < 4.78 is 4.81. The highest BCUT2D eigenvalue weighted by Gasteiger charge is 2.30. The zero-order chi connectivity index (χ0) is 22.5. The molecular weight excluding hydrogens is 406 g/mol. The van der Waals surface area contributed by atoms with Gasteiger partial charge in [0.05, 0.1) is 30.6 Å². The second-order valence-electron chi connectivity index (χ2n) is 8.77. The molecule has 2 aromatic heterocycles. The predicted molar refractivity (Wildman–Crippen MR) is 123 cm³/mol. The van der Waals surface area contributed by atoms with Crippen molar-refractivity contribution < 1.29 is 14.3 Å². The third-order valence-electron chi connectivity index (χ3n) is 6.63. The number of amides is 1. The number of nitrogen functional groups attached to an aromatic ring is 1. The average molecular weight is 438 g/mol. The molecule has 2 aliphatic rings. The summed E-state index contributed by atoms with van der Waals surface area (Å²) in [4.78, 5) is 33.3. The molecule has 0 atom stereocenters. The SMILES string of the molecule is COC(=O)C1CCC(C(=O)Nc2ccc(Nc3nc(C4CCCC4)ccc3N)cn2)CC1. The number of carbonyl (C=O) groups excluding carboxylic acids is 2. The molecule has 8 nitrogen and oxygen atoms in total. The largest absolute Gasteiger partial charge is 0.469 e. The lowest BCUT2D eigenvalue weighted by Crippen LogP contribution is -2.30. The molecule has 2 aliphatic carbocycles. The van der Waals surface area contributed by atoms with Crippen LogP contribution < -0.4 is 16.4 Å². The highest BCUT2D eigenvalue weighted by molar-refractivity contribution is 5.92. The molecule has 32 heavy (non-hydrogen) atoms. The van der Waals surface area contributed by atoms with Crippen molar-refractivity contribution >= 4 is 34.9 Å². The van der Waals surface area contributed by atoms with Gasteiger partial charge in [0.1, 0.15) is 5.82 Å². The number of anilines is 4. The maximum absolute atomic E-state index is 12.6. The van der Waals surface area contributed by atoms with E-state index < -0.39 is 0 Å². The second-order valence-corrected chi connectivity index (χ2v) is 8.77. The summed E-state index contributed by atoms with van der Waals surface area (Å²) in [5, 5.41) is 6.13. The Morgan fingerprint density at radius 2 is 1.72 bits per heavy atom. The molecule has 4 N–H and O–H groups in total. The van der Waals surface area contributed by atoms with Gasteiger partial charge in [-0.1, -0.05) is 12.8 Å². The molecule has 8 heteroatoms. The smallest absolute Gasteiger partial charge is 0.308 e. The first kappa shape index (κ1) is 22.0. The molecule has 2 heterocycles. The lowest BCUT2D eigenvalue weighted by Gasteiger charge is -2.25. The van der Waals surface area contributed by atoms with Gasteiger partial charge in [-0.05, 0) is 62.8 Å². The lowest BCUT2D eigenvalue weighted by molar-refractivity contribution is -0.147. The average Bonchev–Trinajstić information content (AvgIpc) is 3.36. The number of aromatic nitrogens is 2. The van der Waals surface area contributed by atoms with Crippen LogP contribution in [0.1, 0.15) is 63.0 Å². The minimum atomic E-state index is -0.183. The van der Waals surface area contributed by atoms with Gasteiger partial charge in [-0.2, -0.15) is 0 Å². The Morgan fingerprint density at radius 3 is 2.38 bits per heavy atom. The number of methoxy groups -OCH3 is 1. The number of esters is 1. The van der Waals surface area contributed by atoms with E-state index in [4.69, 9.17) is 15.5 Å². The van der Waals surface area contributed by atoms with Gasteiger partial charge >= 0.3 is 5.97 Å². The van der Waals surface area contributed by atoms with E-state index in [1.807, 2.05) is 18.2 Å². The van der Waals surface area contributed by atoms with E-state index in [0.717, 1.165) is 11.4 Å². The Labute approximate surface area is 188 Å². The Hall–Kier alpha value is -3.16. The number of nitrogens with zero attached hydrogens (tertiary/aromatic N) is 2. The van der Waals surface area contributed by atoms with E-state index in [9.17, 15) is 9.59 Å². The van der Waals surface area contributed by atoms with Crippen LogP contribution in [-0.4, -0.2) is 29.0 Å². The fourth-order valence-corrected chi connectivity index (χ4v) is 4.70.